The highest BCUT2D eigenvalue weighted by molar-refractivity contribution is 9.11. The van der Waals surface area contributed by atoms with E-state index in [4.69, 9.17) is 5.84 Å². The summed E-state index contributed by atoms with van der Waals surface area (Å²) in [5.74, 6) is 5.61. The Labute approximate surface area is 119 Å². The minimum Gasteiger partial charge on any atom is -0.271 e. The van der Waals surface area contributed by atoms with E-state index in [1.54, 1.807) is 22.7 Å². The quantitative estimate of drug-likeness (QED) is 0.618. The zero-order valence-corrected chi connectivity index (χ0v) is 13.0. The highest BCUT2D eigenvalue weighted by atomic mass is 79.9. The number of rotatable bonds is 4. The van der Waals surface area contributed by atoms with Crippen LogP contribution < -0.4 is 11.3 Å². The zero-order valence-electron chi connectivity index (χ0n) is 8.24. The van der Waals surface area contributed by atoms with E-state index < -0.39 is 0 Å². The Morgan fingerprint density at radius 1 is 1.31 bits per heavy atom. The first-order valence-corrected chi connectivity index (χ1v) is 7.92. The van der Waals surface area contributed by atoms with Crippen molar-refractivity contribution in [1.29, 1.82) is 0 Å². The smallest absolute Gasteiger partial charge is 0.0702 e. The number of hydrogen-bond donors (Lipinski definition) is 2. The van der Waals surface area contributed by atoms with Gasteiger partial charge in [0.25, 0.3) is 0 Å². The molecule has 0 aliphatic heterocycles. The van der Waals surface area contributed by atoms with Crippen molar-refractivity contribution in [2.75, 3.05) is 0 Å². The fourth-order valence-corrected chi connectivity index (χ4v) is 4.46. The van der Waals surface area contributed by atoms with E-state index >= 15 is 0 Å². The maximum atomic E-state index is 5.61. The second kappa shape index (κ2) is 5.75. The van der Waals surface area contributed by atoms with Gasteiger partial charge in [-0.1, -0.05) is 0 Å². The molecule has 0 aromatic carbocycles. The van der Waals surface area contributed by atoms with Gasteiger partial charge in [0.1, 0.15) is 0 Å². The molecule has 6 heteroatoms. The van der Waals surface area contributed by atoms with Gasteiger partial charge >= 0.3 is 0 Å². The van der Waals surface area contributed by atoms with Gasteiger partial charge < -0.3 is 0 Å². The molecule has 2 heterocycles. The Morgan fingerprint density at radius 2 is 2.12 bits per heavy atom. The summed E-state index contributed by atoms with van der Waals surface area (Å²) in [6.45, 7) is 0. The molecular weight excluding hydrogens is 372 g/mol. The highest BCUT2D eigenvalue weighted by Gasteiger charge is 2.15. The molecule has 16 heavy (non-hydrogen) atoms. The van der Waals surface area contributed by atoms with Crippen molar-refractivity contribution in [3.8, 4) is 0 Å². The second-order valence-corrected chi connectivity index (χ2v) is 7.61. The predicted octanol–water partition coefficient (Wildman–Crippen LogP) is 4.08. The molecular formula is C10H10Br2N2S2. The number of nitrogens with one attached hydrogen (secondary N) is 1. The summed E-state index contributed by atoms with van der Waals surface area (Å²) in [7, 11) is 0. The normalized spacial score (nSPS) is 12.9. The Hall–Kier alpha value is 0.280. The molecule has 2 aromatic heterocycles. The molecule has 0 aliphatic rings. The number of hydrazine groups is 1. The van der Waals surface area contributed by atoms with Crippen LogP contribution >= 0.6 is 54.5 Å². The maximum Gasteiger partial charge on any atom is 0.0702 e. The minimum absolute atomic E-state index is 0.172. The molecule has 0 fully saturated rings. The third-order valence-electron chi connectivity index (χ3n) is 2.22. The first kappa shape index (κ1) is 12.7. The molecule has 0 saturated heterocycles. The lowest BCUT2D eigenvalue weighted by atomic mass is 10.1. The van der Waals surface area contributed by atoms with Gasteiger partial charge in [0.05, 0.1) is 9.83 Å². The molecule has 0 aliphatic carbocycles. The van der Waals surface area contributed by atoms with Crippen LogP contribution in [0.4, 0.5) is 0 Å². The highest BCUT2D eigenvalue weighted by Crippen LogP contribution is 2.32. The Bertz CT molecular complexity index is 467. The van der Waals surface area contributed by atoms with Gasteiger partial charge in [-0.05, 0) is 55.4 Å². The van der Waals surface area contributed by atoms with E-state index in [0.717, 1.165) is 14.7 Å². The first-order chi connectivity index (χ1) is 7.70. The average Bonchev–Trinajstić information content (AvgIpc) is 2.85. The van der Waals surface area contributed by atoms with Crippen LogP contribution in [0.25, 0.3) is 0 Å². The van der Waals surface area contributed by atoms with Crippen molar-refractivity contribution in [2.24, 2.45) is 5.84 Å². The van der Waals surface area contributed by atoms with Gasteiger partial charge in [0.15, 0.2) is 0 Å². The largest absolute Gasteiger partial charge is 0.271 e. The van der Waals surface area contributed by atoms with Crippen LogP contribution in [0.1, 0.15) is 15.8 Å². The predicted molar refractivity (Wildman–Crippen MR) is 77.8 cm³/mol. The molecule has 86 valence electrons. The molecule has 1 atom stereocenters. The van der Waals surface area contributed by atoms with Gasteiger partial charge in [0, 0.05) is 20.6 Å². The lowest BCUT2D eigenvalue weighted by molar-refractivity contribution is 0.564. The van der Waals surface area contributed by atoms with Crippen molar-refractivity contribution in [3.63, 3.8) is 0 Å². The van der Waals surface area contributed by atoms with Gasteiger partial charge in [-0.2, -0.15) is 0 Å². The molecule has 0 amide bonds. The topological polar surface area (TPSA) is 38.0 Å². The van der Waals surface area contributed by atoms with E-state index in [-0.39, 0.29) is 6.04 Å². The molecule has 0 bridgehead atoms. The third-order valence-corrected chi connectivity index (χ3v) is 5.91. The summed E-state index contributed by atoms with van der Waals surface area (Å²) in [4.78, 5) is 2.56. The average molecular weight is 382 g/mol. The number of nitrogens with two attached hydrogens (primary N) is 1. The Morgan fingerprint density at radius 3 is 2.62 bits per heavy atom. The van der Waals surface area contributed by atoms with E-state index in [9.17, 15) is 0 Å². The van der Waals surface area contributed by atoms with Crippen LogP contribution in [0.15, 0.2) is 31.8 Å². The lowest BCUT2D eigenvalue weighted by Crippen LogP contribution is -2.28. The summed E-state index contributed by atoms with van der Waals surface area (Å²) in [5, 5.41) is 2.08. The second-order valence-electron chi connectivity index (χ2n) is 3.26. The van der Waals surface area contributed by atoms with Crippen LogP contribution in [-0.4, -0.2) is 0 Å². The van der Waals surface area contributed by atoms with Gasteiger partial charge in [-0.3, -0.25) is 11.3 Å². The molecule has 2 aromatic rings. The van der Waals surface area contributed by atoms with Crippen molar-refractivity contribution >= 4 is 54.5 Å². The van der Waals surface area contributed by atoms with Crippen LogP contribution in [0.3, 0.4) is 0 Å². The van der Waals surface area contributed by atoms with Crippen molar-refractivity contribution in [3.05, 3.63) is 41.6 Å². The van der Waals surface area contributed by atoms with E-state index in [1.807, 2.05) is 6.07 Å². The fraction of sp³-hybridized carbons (Fsp3) is 0.200. The van der Waals surface area contributed by atoms with Crippen molar-refractivity contribution in [2.45, 2.75) is 12.5 Å². The van der Waals surface area contributed by atoms with Crippen LogP contribution in [0.5, 0.6) is 0 Å². The monoisotopic (exact) mass is 380 g/mol. The molecule has 2 nitrogen and oxygen atoms in total. The Balaban J connectivity index is 2.15. The first-order valence-electron chi connectivity index (χ1n) is 4.64. The summed E-state index contributed by atoms with van der Waals surface area (Å²) in [6.07, 6.45) is 0.904. The summed E-state index contributed by atoms with van der Waals surface area (Å²) >= 11 is 10.5. The maximum absolute atomic E-state index is 5.61. The van der Waals surface area contributed by atoms with Gasteiger partial charge in [-0.25, -0.2) is 0 Å². The number of halogens is 2. The fourth-order valence-electron chi connectivity index (χ4n) is 1.41. The van der Waals surface area contributed by atoms with E-state index in [0.29, 0.717) is 0 Å². The Kier molecular flexibility index (Phi) is 4.57. The summed E-state index contributed by atoms with van der Waals surface area (Å²) < 4.78 is 2.29. The molecule has 0 saturated carbocycles. The van der Waals surface area contributed by atoms with E-state index in [2.05, 4.69) is 54.8 Å². The number of hydrogen-bond acceptors (Lipinski definition) is 4. The van der Waals surface area contributed by atoms with Crippen LogP contribution in [0.2, 0.25) is 0 Å². The van der Waals surface area contributed by atoms with Crippen LogP contribution in [-0.2, 0) is 6.42 Å². The van der Waals surface area contributed by atoms with Crippen LogP contribution in [0, 0.1) is 0 Å². The van der Waals surface area contributed by atoms with Gasteiger partial charge in [-0.15, -0.1) is 22.7 Å². The summed E-state index contributed by atoms with van der Waals surface area (Å²) in [5.41, 5.74) is 2.87. The summed E-state index contributed by atoms with van der Waals surface area (Å²) in [6, 6.07) is 6.39. The molecule has 2 rings (SSSR count). The zero-order chi connectivity index (χ0) is 11.5. The van der Waals surface area contributed by atoms with Gasteiger partial charge in [0.2, 0.25) is 0 Å². The molecule has 3 N–H and O–H groups in total. The standard InChI is InChI=1S/C10H10Br2N2S2/c11-6-3-4-15-9(6)5-7(14-13)8-1-2-10(12)16-8/h1-4,7,14H,5,13H2. The molecule has 1 unspecified atom stereocenters. The van der Waals surface area contributed by atoms with Crippen molar-refractivity contribution < 1.29 is 0 Å². The third kappa shape index (κ3) is 2.94. The molecule has 0 spiro atoms. The lowest BCUT2D eigenvalue weighted by Gasteiger charge is -2.13. The van der Waals surface area contributed by atoms with Crippen molar-refractivity contribution in [1.82, 2.24) is 5.43 Å². The van der Waals surface area contributed by atoms with E-state index in [1.165, 1.54) is 9.75 Å². The number of thiophene rings is 2. The minimum atomic E-state index is 0.172. The SMILES string of the molecule is NNC(Cc1sccc1Br)c1ccc(Br)s1. The molecule has 0 radical (unpaired) electrons.